The van der Waals surface area contributed by atoms with Gasteiger partial charge in [0.05, 0.1) is 24.6 Å². The monoisotopic (exact) mass is 465 g/mol. The Bertz CT molecular complexity index is 1620. The lowest BCUT2D eigenvalue weighted by Crippen LogP contribution is -2.26. The molecule has 2 aliphatic rings. The summed E-state index contributed by atoms with van der Waals surface area (Å²) in [5.41, 5.74) is 2.39. The highest BCUT2D eigenvalue weighted by Gasteiger charge is 2.39. The molecule has 0 radical (unpaired) electrons. The number of fused-ring (bicyclic) bond motifs is 4. The van der Waals surface area contributed by atoms with Crippen molar-refractivity contribution in [2.24, 2.45) is 0 Å². The second kappa shape index (κ2) is 7.99. The molecule has 35 heavy (non-hydrogen) atoms. The van der Waals surface area contributed by atoms with Crippen LogP contribution in [0.5, 0.6) is 17.2 Å². The molecule has 0 amide bonds. The Balaban J connectivity index is 1.50. The molecule has 4 aromatic rings. The summed E-state index contributed by atoms with van der Waals surface area (Å²) in [5.74, 6) is 0.0438. The molecular weight excluding hydrogens is 446 g/mol. The third kappa shape index (κ3) is 3.49. The van der Waals surface area contributed by atoms with Crippen molar-refractivity contribution < 1.29 is 23.8 Å². The molecule has 172 valence electrons. The topological polar surface area (TPSA) is 94.7 Å². The molecule has 1 unspecified atom stereocenters. The average Bonchev–Trinajstić information content (AvgIpc) is 3.18. The number of aromatic nitrogens is 1. The van der Waals surface area contributed by atoms with Gasteiger partial charge in [-0.05, 0) is 47.4 Å². The summed E-state index contributed by atoms with van der Waals surface area (Å²) < 4.78 is 16.8. The number of H-pyrrole nitrogens is 1. The van der Waals surface area contributed by atoms with E-state index in [1.54, 1.807) is 43.5 Å². The normalized spacial score (nSPS) is 17.6. The van der Waals surface area contributed by atoms with E-state index in [1.807, 2.05) is 36.4 Å². The van der Waals surface area contributed by atoms with Crippen LogP contribution in [-0.4, -0.2) is 23.8 Å². The van der Waals surface area contributed by atoms with Gasteiger partial charge in [0.1, 0.15) is 17.2 Å². The van der Waals surface area contributed by atoms with Crippen molar-refractivity contribution in [3.8, 4) is 17.2 Å². The number of methoxy groups -OCH3 is 1. The molecule has 2 aliphatic heterocycles. The van der Waals surface area contributed by atoms with Gasteiger partial charge < -0.3 is 19.2 Å². The minimum Gasteiger partial charge on any atom is -0.497 e. The van der Waals surface area contributed by atoms with E-state index in [-0.39, 0.29) is 29.3 Å². The quantitative estimate of drug-likeness (QED) is 0.270. The van der Waals surface area contributed by atoms with Gasteiger partial charge in [-0.2, -0.15) is 0 Å². The molecular formula is C28H19NO6. The highest BCUT2D eigenvalue weighted by molar-refractivity contribution is 6.15. The predicted molar refractivity (Wildman–Crippen MR) is 129 cm³/mol. The van der Waals surface area contributed by atoms with Crippen LogP contribution in [0.2, 0.25) is 0 Å². The second-order valence-corrected chi connectivity index (χ2v) is 8.44. The molecule has 7 heteroatoms. The molecule has 0 fully saturated rings. The van der Waals surface area contributed by atoms with Gasteiger partial charge in [-0.25, -0.2) is 0 Å². The zero-order valence-electron chi connectivity index (χ0n) is 18.7. The van der Waals surface area contributed by atoms with Crippen LogP contribution >= 0.6 is 0 Å². The lowest BCUT2D eigenvalue weighted by Gasteiger charge is -2.26. The molecule has 7 nitrogen and oxygen atoms in total. The third-order valence-electron chi connectivity index (χ3n) is 6.33. The maximum absolute atomic E-state index is 13.2. The van der Waals surface area contributed by atoms with Gasteiger partial charge in [0.25, 0.3) is 5.56 Å². The summed E-state index contributed by atoms with van der Waals surface area (Å²) in [6.07, 6.45) is 1.62. The Labute approximate surface area is 199 Å². The van der Waals surface area contributed by atoms with Gasteiger partial charge in [-0.15, -0.1) is 0 Å². The molecule has 0 aliphatic carbocycles. The Hall–Kier alpha value is -4.65. The van der Waals surface area contributed by atoms with Crippen molar-refractivity contribution in [3.63, 3.8) is 0 Å². The number of ether oxygens (including phenoxy) is 3. The number of hydrogen-bond donors (Lipinski definition) is 1. The number of pyridine rings is 1. The molecule has 0 saturated heterocycles. The van der Waals surface area contributed by atoms with Crippen LogP contribution in [0, 0.1) is 0 Å². The number of carbonyl (C=O) groups excluding carboxylic acids is 2. The van der Waals surface area contributed by atoms with Gasteiger partial charge in [-0.3, -0.25) is 14.4 Å². The summed E-state index contributed by atoms with van der Waals surface area (Å²) in [6.45, 7) is 0. The Kier molecular flexibility index (Phi) is 4.77. The summed E-state index contributed by atoms with van der Waals surface area (Å²) in [7, 11) is 1.56. The number of allylic oxidation sites excluding steroid dienone is 1. The number of ketones is 1. The third-order valence-corrected chi connectivity index (χ3v) is 6.33. The first-order valence-electron chi connectivity index (χ1n) is 11.1. The van der Waals surface area contributed by atoms with Crippen molar-refractivity contribution >= 4 is 28.7 Å². The van der Waals surface area contributed by atoms with Gasteiger partial charge in [0.15, 0.2) is 5.76 Å². The molecule has 1 aromatic heterocycles. The summed E-state index contributed by atoms with van der Waals surface area (Å²) in [5, 5.41) is 0.787. The Morgan fingerprint density at radius 1 is 0.971 bits per heavy atom. The maximum Gasteiger partial charge on any atom is 0.312 e. The summed E-state index contributed by atoms with van der Waals surface area (Å²) in [4.78, 5) is 41.6. The number of Topliss-reactive ketones (excluding diaryl/α,β-unsaturated/α-hetero) is 1. The molecule has 3 aromatic carbocycles. The first-order valence-corrected chi connectivity index (χ1v) is 11.1. The molecule has 0 spiro atoms. The van der Waals surface area contributed by atoms with E-state index in [0.717, 1.165) is 10.9 Å². The van der Waals surface area contributed by atoms with Crippen molar-refractivity contribution in [1.82, 2.24) is 4.98 Å². The van der Waals surface area contributed by atoms with Crippen molar-refractivity contribution in [2.75, 3.05) is 7.11 Å². The number of hydrogen-bond acceptors (Lipinski definition) is 6. The summed E-state index contributed by atoms with van der Waals surface area (Å²) in [6, 6.07) is 19.7. The average molecular weight is 465 g/mol. The van der Waals surface area contributed by atoms with Gasteiger partial charge in [0.2, 0.25) is 5.78 Å². The van der Waals surface area contributed by atoms with Gasteiger partial charge in [-0.1, -0.05) is 30.3 Å². The fourth-order valence-electron chi connectivity index (χ4n) is 4.66. The van der Waals surface area contributed by atoms with Gasteiger partial charge >= 0.3 is 5.97 Å². The number of aromatic amines is 1. The van der Waals surface area contributed by atoms with Crippen molar-refractivity contribution in [1.29, 1.82) is 0 Å². The molecule has 1 atom stereocenters. The zero-order chi connectivity index (χ0) is 24.1. The lowest BCUT2D eigenvalue weighted by molar-refractivity contribution is -0.135. The first kappa shape index (κ1) is 20.9. The predicted octanol–water partition coefficient (Wildman–Crippen LogP) is 4.59. The molecule has 1 N–H and O–H groups in total. The van der Waals surface area contributed by atoms with E-state index in [4.69, 9.17) is 14.2 Å². The van der Waals surface area contributed by atoms with Crippen LogP contribution in [0.4, 0.5) is 0 Å². The van der Waals surface area contributed by atoms with Crippen LogP contribution in [0.1, 0.15) is 39.4 Å². The largest absolute Gasteiger partial charge is 0.497 e. The van der Waals surface area contributed by atoms with E-state index in [0.29, 0.717) is 33.7 Å². The van der Waals surface area contributed by atoms with Crippen LogP contribution in [0.15, 0.2) is 77.3 Å². The smallest absolute Gasteiger partial charge is 0.312 e. The fraction of sp³-hybridized carbons (Fsp3) is 0.107. The number of nitrogens with one attached hydrogen (secondary N) is 1. The second-order valence-electron chi connectivity index (χ2n) is 8.44. The highest BCUT2D eigenvalue weighted by atomic mass is 16.5. The number of carbonyl (C=O) groups is 2. The van der Waals surface area contributed by atoms with E-state index in [9.17, 15) is 14.4 Å². The molecule has 0 saturated carbocycles. The van der Waals surface area contributed by atoms with Crippen LogP contribution in [0.25, 0.3) is 17.0 Å². The van der Waals surface area contributed by atoms with Crippen molar-refractivity contribution in [3.05, 3.63) is 105 Å². The van der Waals surface area contributed by atoms with Crippen molar-refractivity contribution in [2.45, 2.75) is 12.3 Å². The number of esters is 1. The van der Waals surface area contributed by atoms with Crippen LogP contribution in [-0.2, 0) is 4.79 Å². The van der Waals surface area contributed by atoms with E-state index in [1.165, 1.54) is 0 Å². The fourth-order valence-corrected chi connectivity index (χ4v) is 4.66. The molecule has 0 bridgehead atoms. The highest BCUT2D eigenvalue weighted by Crippen LogP contribution is 2.48. The lowest BCUT2D eigenvalue weighted by atomic mass is 9.85. The minimum atomic E-state index is -0.639. The van der Waals surface area contributed by atoms with Crippen LogP contribution in [0.3, 0.4) is 0 Å². The van der Waals surface area contributed by atoms with E-state index in [2.05, 4.69) is 4.98 Å². The SMILES string of the molecule is COc1ccc2cc(C3CC(=O)Oc4ccc5c(c43)OC(=Cc3ccccc3)C5=O)c(=O)[nH]c2c1. The minimum absolute atomic E-state index is 0.0521. The van der Waals surface area contributed by atoms with Crippen LogP contribution < -0.4 is 19.8 Å². The Morgan fingerprint density at radius 3 is 2.60 bits per heavy atom. The first-order chi connectivity index (χ1) is 17.0. The molecule has 6 rings (SSSR count). The maximum atomic E-state index is 13.2. The standard InChI is InChI=1S/C28H19NO6/c1-33-17-8-7-16-12-20(28(32)29-21(16)13-17)19-14-24(30)34-22-10-9-18-26(31)23(35-27(18)25(19)22)11-15-5-3-2-4-6-15/h2-13,19H,14H2,1H3,(H,29,32). The summed E-state index contributed by atoms with van der Waals surface area (Å²) >= 11 is 0. The molecule has 3 heterocycles. The van der Waals surface area contributed by atoms with Gasteiger partial charge in [0, 0.05) is 23.1 Å². The zero-order valence-corrected chi connectivity index (χ0v) is 18.7. The van der Waals surface area contributed by atoms with E-state index < -0.39 is 11.9 Å². The Morgan fingerprint density at radius 2 is 1.80 bits per heavy atom. The van der Waals surface area contributed by atoms with E-state index >= 15 is 0 Å². The number of rotatable bonds is 3. The number of benzene rings is 3.